The average Bonchev–Trinajstić information content (AvgIpc) is 2.69. The highest BCUT2D eigenvalue weighted by molar-refractivity contribution is 9.10. The lowest BCUT2D eigenvalue weighted by Crippen LogP contribution is -2.07. The molecule has 1 unspecified atom stereocenters. The fourth-order valence-electron chi connectivity index (χ4n) is 2.13. The zero-order chi connectivity index (χ0) is 14.0. The topological polar surface area (TPSA) is 39.1 Å². The van der Waals surface area contributed by atoms with Crippen LogP contribution in [0.3, 0.4) is 0 Å². The minimum Gasteiger partial charge on any atom is -0.496 e. The zero-order valence-electron chi connectivity index (χ0n) is 11.6. The van der Waals surface area contributed by atoms with Crippen molar-refractivity contribution in [1.82, 2.24) is 9.78 Å². The minimum absolute atomic E-state index is 0.203. The molecular formula is C14H18BrN3O. The highest BCUT2D eigenvalue weighted by atomic mass is 79.9. The third-order valence-corrected chi connectivity index (χ3v) is 3.67. The summed E-state index contributed by atoms with van der Waals surface area (Å²) in [6.07, 6.45) is 2.05. The van der Waals surface area contributed by atoms with Crippen LogP contribution in [0.4, 0.5) is 5.69 Å². The summed E-state index contributed by atoms with van der Waals surface area (Å²) in [6.45, 7) is 4.15. The molecular weight excluding hydrogens is 306 g/mol. The number of hydrogen-bond acceptors (Lipinski definition) is 3. The van der Waals surface area contributed by atoms with Crippen LogP contribution in [0.1, 0.15) is 24.2 Å². The molecule has 2 rings (SSSR count). The van der Waals surface area contributed by atoms with E-state index in [4.69, 9.17) is 4.74 Å². The van der Waals surface area contributed by atoms with E-state index in [0.29, 0.717) is 0 Å². The highest BCUT2D eigenvalue weighted by Gasteiger charge is 2.12. The number of hydrogen-bond donors (Lipinski definition) is 1. The Balaban J connectivity index is 2.17. The maximum absolute atomic E-state index is 5.22. The number of halogens is 1. The quantitative estimate of drug-likeness (QED) is 0.933. The Morgan fingerprint density at radius 3 is 2.68 bits per heavy atom. The summed E-state index contributed by atoms with van der Waals surface area (Å²) < 4.78 is 8.00. The van der Waals surface area contributed by atoms with Gasteiger partial charge in [0.1, 0.15) is 5.75 Å². The molecule has 0 saturated heterocycles. The van der Waals surface area contributed by atoms with Crippen molar-refractivity contribution in [1.29, 1.82) is 0 Å². The van der Waals surface area contributed by atoms with Gasteiger partial charge in [-0.05, 0) is 48.0 Å². The molecule has 0 bridgehead atoms. The Morgan fingerprint density at radius 2 is 2.16 bits per heavy atom. The van der Waals surface area contributed by atoms with Crippen LogP contribution in [0, 0.1) is 6.92 Å². The summed E-state index contributed by atoms with van der Waals surface area (Å²) in [5, 5.41) is 7.83. The van der Waals surface area contributed by atoms with Gasteiger partial charge in [-0.3, -0.25) is 4.68 Å². The van der Waals surface area contributed by atoms with E-state index >= 15 is 0 Å². The molecule has 0 saturated carbocycles. The van der Waals surface area contributed by atoms with Crippen LogP contribution in [0.2, 0.25) is 0 Å². The number of methoxy groups -OCH3 is 1. The van der Waals surface area contributed by atoms with Crippen LogP contribution in [0.5, 0.6) is 5.75 Å². The largest absolute Gasteiger partial charge is 0.496 e. The van der Waals surface area contributed by atoms with Gasteiger partial charge in [0.25, 0.3) is 0 Å². The molecule has 102 valence electrons. The van der Waals surface area contributed by atoms with Gasteiger partial charge in [-0.1, -0.05) is 0 Å². The molecule has 5 heteroatoms. The standard InChI is InChI=1S/C14H18BrN3O/c1-9(12-8-18(3)17-10(12)2)16-11-5-6-14(19-4)13(15)7-11/h5-9,16H,1-4H3. The monoisotopic (exact) mass is 323 g/mol. The molecule has 4 nitrogen and oxygen atoms in total. The number of ether oxygens (including phenoxy) is 1. The first-order valence-electron chi connectivity index (χ1n) is 6.11. The number of anilines is 1. The SMILES string of the molecule is COc1ccc(NC(C)c2cn(C)nc2C)cc1Br. The molecule has 1 heterocycles. The molecule has 0 aliphatic heterocycles. The van der Waals surface area contributed by atoms with Gasteiger partial charge < -0.3 is 10.1 Å². The Bertz CT molecular complexity index is 580. The summed E-state index contributed by atoms with van der Waals surface area (Å²) in [6, 6.07) is 6.16. The second-order valence-corrected chi connectivity index (χ2v) is 5.41. The van der Waals surface area contributed by atoms with Crippen LogP contribution in [0.15, 0.2) is 28.9 Å². The minimum atomic E-state index is 0.203. The van der Waals surface area contributed by atoms with E-state index in [9.17, 15) is 0 Å². The lowest BCUT2D eigenvalue weighted by molar-refractivity contribution is 0.412. The zero-order valence-corrected chi connectivity index (χ0v) is 13.2. The van der Waals surface area contributed by atoms with Crippen LogP contribution >= 0.6 is 15.9 Å². The van der Waals surface area contributed by atoms with Gasteiger partial charge in [-0.2, -0.15) is 5.10 Å². The van der Waals surface area contributed by atoms with E-state index in [1.807, 2.05) is 43.0 Å². The van der Waals surface area contributed by atoms with Crippen LogP contribution < -0.4 is 10.1 Å². The Morgan fingerprint density at radius 1 is 1.42 bits per heavy atom. The number of rotatable bonds is 4. The van der Waals surface area contributed by atoms with Gasteiger partial charge in [0.2, 0.25) is 0 Å². The predicted molar refractivity (Wildman–Crippen MR) is 80.7 cm³/mol. The molecule has 2 aromatic rings. The van der Waals surface area contributed by atoms with Crippen LogP contribution in [-0.2, 0) is 7.05 Å². The van der Waals surface area contributed by atoms with E-state index in [1.165, 1.54) is 5.56 Å². The third-order valence-electron chi connectivity index (χ3n) is 3.05. The fourth-order valence-corrected chi connectivity index (χ4v) is 2.67. The third kappa shape index (κ3) is 3.10. The Labute approximate surface area is 121 Å². The normalized spacial score (nSPS) is 12.3. The smallest absolute Gasteiger partial charge is 0.133 e. The van der Waals surface area contributed by atoms with E-state index < -0.39 is 0 Å². The number of benzene rings is 1. The van der Waals surface area contributed by atoms with Crippen molar-refractivity contribution in [3.05, 3.63) is 40.1 Å². The van der Waals surface area contributed by atoms with Gasteiger partial charge in [0, 0.05) is 24.5 Å². The van der Waals surface area contributed by atoms with Crippen molar-refractivity contribution in [2.75, 3.05) is 12.4 Å². The average molecular weight is 324 g/mol. The van der Waals surface area contributed by atoms with Crippen molar-refractivity contribution < 1.29 is 4.74 Å². The number of nitrogens with one attached hydrogen (secondary N) is 1. The van der Waals surface area contributed by atoms with Gasteiger partial charge in [0.15, 0.2) is 0 Å². The molecule has 0 radical (unpaired) electrons. The Kier molecular flexibility index (Phi) is 4.14. The first-order valence-corrected chi connectivity index (χ1v) is 6.90. The van der Waals surface area contributed by atoms with Crippen molar-refractivity contribution in [2.45, 2.75) is 19.9 Å². The summed E-state index contributed by atoms with van der Waals surface area (Å²) >= 11 is 3.49. The molecule has 1 aromatic carbocycles. The second kappa shape index (κ2) is 5.65. The summed E-state index contributed by atoms with van der Waals surface area (Å²) in [5.74, 6) is 0.829. The molecule has 1 N–H and O–H groups in total. The molecule has 1 aromatic heterocycles. The van der Waals surface area contributed by atoms with E-state index in [2.05, 4.69) is 33.3 Å². The van der Waals surface area contributed by atoms with Gasteiger partial charge in [-0.25, -0.2) is 0 Å². The van der Waals surface area contributed by atoms with Crippen molar-refractivity contribution in [2.24, 2.45) is 7.05 Å². The number of aromatic nitrogens is 2. The maximum atomic E-state index is 5.22. The molecule has 0 spiro atoms. The first kappa shape index (κ1) is 13.9. The summed E-state index contributed by atoms with van der Waals surface area (Å²) in [5.41, 5.74) is 3.30. The van der Waals surface area contributed by atoms with Crippen LogP contribution in [-0.4, -0.2) is 16.9 Å². The molecule has 1 atom stereocenters. The molecule has 0 amide bonds. The van der Waals surface area contributed by atoms with Gasteiger partial charge in [-0.15, -0.1) is 0 Å². The Hall–Kier alpha value is -1.49. The van der Waals surface area contributed by atoms with Crippen molar-refractivity contribution in [3.63, 3.8) is 0 Å². The molecule has 19 heavy (non-hydrogen) atoms. The van der Waals surface area contributed by atoms with Crippen molar-refractivity contribution in [3.8, 4) is 5.75 Å². The number of nitrogens with zero attached hydrogens (tertiary/aromatic N) is 2. The summed E-state index contributed by atoms with van der Waals surface area (Å²) in [4.78, 5) is 0. The van der Waals surface area contributed by atoms with Gasteiger partial charge >= 0.3 is 0 Å². The first-order chi connectivity index (χ1) is 9.01. The highest BCUT2D eigenvalue weighted by Crippen LogP contribution is 2.29. The maximum Gasteiger partial charge on any atom is 0.133 e. The fraction of sp³-hybridized carbons (Fsp3) is 0.357. The van der Waals surface area contributed by atoms with E-state index in [1.54, 1.807) is 7.11 Å². The van der Waals surface area contributed by atoms with Crippen molar-refractivity contribution >= 4 is 21.6 Å². The van der Waals surface area contributed by atoms with Gasteiger partial charge in [0.05, 0.1) is 23.3 Å². The number of aryl methyl sites for hydroxylation is 2. The molecule has 0 aliphatic rings. The van der Waals surface area contributed by atoms with E-state index in [-0.39, 0.29) is 6.04 Å². The molecule has 0 fully saturated rings. The second-order valence-electron chi connectivity index (χ2n) is 4.56. The van der Waals surface area contributed by atoms with Crippen LogP contribution in [0.25, 0.3) is 0 Å². The summed E-state index contributed by atoms with van der Waals surface area (Å²) in [7, 11) is 3.60. The molecule has 0 aliphatic carbocycles. The lowest BCUT2D eigenvalue weighted by atomic mass is 10.1. The lowest BCUT2D eigenvalue weighted by Gasteiger charge is -2.15. The predicted octanol–water partition coefficient (Wildman–Crippen LogP) is 3.67. The van der Waals surface area contributed by atoms with E-state index in [0.717, 1.165) is 21.6 Å².